The first-order valence-electron chi connectivity index (χ1n) is 13.2. The monoisotopic (exact) mass is 491 g/mol. The Labute approximate surface area is 211 Å². The van der Waals surface area contributed by atoms with Crippen molar-refractivity contribution in [1.82, 2.24) is 15.1 Å². The molecular weight excluding hydrogens is 457 g/mol. The van der Waals surface area contributed by atoms with Gasteiger partial charge in [0.25, 0.3) is 0 Å². The number of carbonyl (C=O) groups is 1. The Hall–Kier alpha value is -2.82. The van der Waals surface area contributed by atoms with Crippen LogP contribution in [0.15, 0.2) is 23.0 Å². The summed E-state index contributed by atoms with van der Waals surface area (Å²) in [5.41, 5.74) is -0.300. The zero-order chi connectivity index (χ0) is 25.4. The number of halogens is 1. The van der Waals surface area contributed by atoms with Gasteiger partial charge in [-0.3, -0.25) is 9.78 Å². The fourth-order valence-electron chi connectivity index (χ4n) is 7.32. The van der Waals surface area contributed by atoms with Crippen molar-refractivity contribution in [3.05, 3.63) is 35.7 Å². The molecule has 7 nitrogen and oxygen atoms in total. The van der Waals surface area contributed by atoms with Gasteiger partial charge in [0.15, 0.2) is 5.82 Å². The van der Waals surface area contributed by atoms with Crippen LogP contribution in [-0.2, 0) is 15.6 Å². The first-order valence-corrected chi connectivity index (χ1v) is 13.2. The number of hydrogen-bond acceptors (Lipinski definition) is 6. The summed E-state index contributed by atoms with van der Waals surface area (Å²) >= 11 is 0. The molecule has 6 aliphatic carbocycles. The minimum Gasteiger partial charge on any atom is -0.339 e. The number of rotatable bonds is 6. The molecule has 0 spiro atoms. The number of fused-ring (bicyclic) bond motifs is 3. The van der Waals surface area contributed by atoms with Gasteiger partial charge in [0.1, 0.15) is 11.7 Å². The molecule has 0 unspecified atom stereocenters. The van der Waals surface area contributed by atoms with E-state index < -0.39 is 5.67 Å². The third-order valence-corrected chi connectivity index (χ3v) is 9.51. The lowest BCUT2D eigenvalue weighted by molar-refractivity contribution is -0.215. The maximum atomic E-state index is 14.1. The van der Waals surface area contributed by atoms with Gasteiger partial charge in [-0.25, -0.2) is 4.39 Å². The van der Waals surface area contributed by atoms with Crippen molar-refractivity contribution in [2.45, 2.75) is 101 Å². The van der Waals surface area contributed by atoms with Gasteiger partial charge in [0.2, 0.25) is 11.8 Å². The third kappa shape index (κ3) is 3.74. The molecule has 1 amide bonds. The zero-order valence-corrected chi connectivity index (χ0v) is 21.4. The Morgan fingerprint density at radius 3 is 2.33 bits per heavy atom. The van der Waals surface area contributed by atoms with Crippen LogP contribution in [0, 0.1) is 22.2 Å². The summed E-state index contributed by atoms with van der Waals surface area (Å²) in [5.74, 6) is 1.54. The molecule has 0 aliphatic heterocycles. The molecule has 36 heavy (non-hydrogen) atoms. The van der Waals surface area contributed by atoms with Crippen LogP contribution in [0.5, 0.6) is 0 Å². The number of anilines is 1. The highest BCUT2D eigenvalue weighted by atomic mass is 19.1. The maximum Gasteiger partial charge on any atom is 0.232 e. The molecule has 6 aliphatic rings. The predicted octanol–water partition coefficient (Wildman–Crippen LogP) is 5.54. The Balaban J connectivity index is 1.22. The van der Waals surface area contributed by atoms with Crippen LogP contribution in [0.2, 0.25) is 0 Å². The number of aromatic nitrogens is 3. The number of hydrogen-bond donors (Lipinski definition) is 0. The van der Waals surface area contributed by atoms with E-state index in [0.717, 1.165) is 50.2 Å². The van der Waals surface area contributed by atoms with Crippen molar-refractivity contribution in [1.29, 1.82) is 5.26 Å². The van der Waals surface area contributed by atoms with Crippen LogP contribution in [0.3, 0.4) is 0 Å². The molecule has 2 aromatic heterocycles. The number of alkyl halides is 1. The van der Waals surface area contributed by atoms with E-state index in [1.165, 1.54) is 6.20 Å². The van der Waals surface area contributed by atoms with Crippen LogP contribution in [-0.4, -0.2) is 33.2 Å². The van der Waals surface area contributed by atoms with E-state index in [4.69, 9.17) is 9.51 Å². The van der Waals surface area contributed by atoms with E-state index in [1.807, 2.05) is 4.90 Å². The van der Waals surface area contributed by atoms with E-state index in [1.54, 1.807) is 12.3 Å². The fourth-order valence-corrected chi connectivity index (χ4v) is 7.32. The molecule has 0 N–H and O–H groups in total. The number of carbonyl (C=O) groups excluding carboxylic acids is 1. The van der Waals surface area contributed by atoms with Gasteiger partial charge in [0.05, 0.1) is 17.4 Å². The Morgan fingerprint density at radius 1 is 1.11 bits per heavy atom. The van der Waals surface area contributed by atoms with Crippen molar-refractivity contribution < 1.29 is 13.7 Å². The molecule has 6 fully saturated rings. The van der Waals surface area contributed by atoms with Crippen molar-refractivity contribution in [3.63, 3.8) is 0 Å². The van der Waals surface area contributed by atoms with Gasteiger partial charge >= 0.3 is 0 Å². The highest BCUT2D eigenvalue weighted by Crippen LogP contribution is 2.71. The smallest absolute Gasteiger partial charge is 0.232 e. The van der Waals surface area contributed by atoms with Gasteiger partial charge in [-0.15, -0.1) is 0 Å². The van der Waals surface area contributed by atoms with Gasteiger partial charge in [-0.05, 0) is 74.7 Å². The van der Waals surface area contributed by atoms with Crippen LogP contribution in [0.1, 0.15) is 102 Å². The average Bonchev–Trinajstić information content (AvgIpc) is 3.34. The van der Waals surface area contributed by atoms with Crippen molar-refractivity contribution in [2.24, 2.45) is 10.8 Å². The third-order valence-electron chi connectivity index (χ3n) is 9.51. The number of nitrogens with zero attached hydrogens (tertiary/aromatic N) is 5. The lowest BCUT2D eigenvalue weighted by Gasteiger charge is -2.66. The molecule has 8 rings (SSSR count). The summed E-state index contributed by atoms with van der Waals surface area (Å²) in [6.07, 6.45) is 10.9. The summed E-state index contributed by atoms with van der Waals surface area (Å²) in [4.78, 5) is 24.6. The standard InChI is InChI=1S/C28H34FN5O2/c1-24(2,3)22-32-23(36-33-22)27-7-4-25(5-8-27,6-9-27)18-34(20-10-19(12-30)13-31-14-20)21(35)11-26-15-28(29,16-26)17-26/h10,13-14H,4-9,11,15-18H2,1-3H3. The first-order chi connectivity index (χ1) is 17.0. The molecule has 2 heterocycles. The van der Waals surface area contributed by atoms with Gasteiger partial charge < -0.3 is 9.42 Å². The van der Waals surface area contributed by atoms with E-state index in [2.05, 4.69) is 37.0 Å². The van der Waals surface area contributed by atoms with Crippen LogP contribution in [0.25, 0.3) is 0 Å². The lowest BCUT2D eigenvalue weighted by Crippen LogP contribution is -2.65. The van der Waals surface area contributed by atoms with Crippen molar-refractivity contribution in [2.75, 3.05) is 11.4 Å². The average molecular weight is 492 g/mol. The maximum absolute atomic E-state index is 14.1. The molecule has 4 bridgehead atoms. The molecule has 2 aromatic rings. The summed E-state index contributed by atoms with van der Waals surface area (Å²) in [7, 11) is 0. The Morgan fingerprint density at radius 2 is 1.78 bits per heavy atom. The van der Waals surface area contributed by atoms with Crippen LogP contribution in [0.4, 0.5) is 10.1 Å². The highest BCUT2D eigenvalue weighted by molar-refractivity contribution is 5.94. The van der Waals surface area contributed by atoms with Crippen molar-refractivity contribution >= 4 is 11.6 Å². The lowest BCUT2D eigenvalue weighted by atomic mass is 9.41. The molecule has 0 saturated heterocycles. The summed E-state index contributed by atoms with van der Waals surface area (Å²) in [6, 6.07) is 3.89. The summed E-state index contributed by atoms with van der Waals surface area (Å²) in [6.45, 7) is 6.88. The van der Waals surface area contributed by atoms with E-state index in [9.17, 15) is 14.4 Å². The Bertz CT molecular complexity index is 1210. The second-order valence-electron chi connectivity index (χ2n) is 13.3. The molecule has 0 atom stereocenters. The number of pyridine rings is 1. The molecule has 190 valence electrons. The molecule has 0 radical (unpaired) electrons. The Kier molecular flexibility index (Phi) is 4.97. The van der Waals surface area contributed by atoms with Gasteiger partial charge in [-0.1, -0.05) is 25.9 Å². The topological polar surface area (TPSA) is 95.9 Å². The van der Waals surface area contributed by atoms with Crippen LogP contribution < -0.4 is 4.90 Å². The minimum absolute atomic E-state index is 0.00762. The quantitative estimate of drug-likeness (QED) is 0.526. The molecular formula is C28H34FN5O2. The van der Waals surface area contributed by atoms with E-state index in [0.29, 0.717) is 43.5 Å². The molecule has 6 saturated carbocycles. The van der Waals surface area contributed by atoms with E-state index >= 15 is 0 Å². The van der Waals surface area contributed by atoms with Crippen molar-refractivity contribution in [3.8, 4) is 6.07 Å². The fraction of sp³-hybridized carbons (Fsp3) is 0.679. The predicted molar refractivity (Wildman–Crippen MR) is 131 cm³/mol. The normalized spacial score (nSPS) is 34.4. The summed E-state index contributed by atoms with van der Waals surface area (Å²) in [5, 5.41) is 13.7. The minimum atomic E-state index is -1.02. The number of amides is 1. The summed E-state index contributed by atoms with van der Waals surface area (Å²) < 4.78 is 19.9. The second kappa shape index (κ2) is 7.60. The highest BCUT2D eigenvalue weighted by Gasteiger charge is 2.69. The zero-order valence-electron chi connectivity index (χ0n) is 21.4. The largest absolute Gasteiger partial charge is 0.339 e. The first kappa shape index (κ1) is 23.6. The van der Waals surface area contributed by atoms with Gasteiger partial charge in [-0.2, -0.15) is 10.2 Å². The SMILES string of the molecule is CC(C)(C)c1noc(C23CCC(CN(C(=O)CC45CC(F)(C4)C5)c4cncc(C#N)c4)(CC2)CC3)n1. The van der Waals surface area contributed by atoms with E-state index in [-0.39, 0.29) is 27.6 Å². The molecule has 0 aromatic carbocycles. The molecule has 8 heteroatoms. The van der Waals surface area contributed by atoms with Crippen LogP contribution >= 0.6 is 0 Å². The van der Waals surface area contributed by atoms with Gasteiger partial charge in [0, 0.05) is 30.0 Å². The second-order valence-corrected chi connectivity index (χ2v) is 13.3. The number of nitriles is 1.